The molecule has 0 amide bonds. The minimum atomic E-state index is -3.53. The molecule has 0 spiro atoms. The Morgan fingerprint density at radius 2 is 1.48 bits per heavy atom. The zero-order valence-corrected chi connectivity index (χ0v) is 15.8. The molecule has 126 valence electrons. The van der Waals surface area contributed by atoms with E-state index < -0.39 is 15.3 Å². The van der Waals surface area contributed by atoms with Crippen LogP contribution in [0, 0.1) is 13.8 Å². The summed E-state index contributed by atoms with van der Waals surface area (Å²) in [6.07, 6.45) is 6.59. The third kappa shape index (κ3) is 6.67. The Kier molecular flexibility index (Phi) is 7.17. The molecule has 2 heterocycles. The first-order valence-electron chi connectivity index (χ1n) is 6.85. The number of primary sulfonamides is 1. The third-order valence-corrected chi connectivity index (χ3v) is 5.09. The number of sulfonamides is 1. The van der Waals surface area contributed by atoms with Crippen LogP contribution in [0.15, 0.2) is 29.4 Å². The molecule has 0 fully saturated rings. The molecule has 0 aliphatic rings. The maximum absolute atomic E-state index is 11.1. The predicted molar refractivity (Wildman–Crippen MR) is 92.2 cm³/mol. The Morgan fingerprint density at radius 3 is 1.83 bits per heavy atom. The van der Waals surface area contributed by atoms with Gasteiger partial charge in [-0.1, -0.05) is 6.92 Å². The summed E-state index contributed by atoms with van der Waals surface area (Å²) in [6.45, 7) is 7.07. The highest BCUT2D eigenvalue weighted by molar-refractivity contribution is 9.10. The summed E-state index contributed by atoms with van der Waals surface area (Å²) in [5.41, 5.74) is 2.38. The van der Waals surface area contributed by atoms with Crippen molar-refractivity contribution in [3.8, 4) is 0 Å². The van der Waals surface area contributed by atoms with Crippen LogP contribution in [0.2, 0.25) is 0 Å². The number of nitrogens with two attached hydrogens (primary N) is 1. The predicted octanol–water partition coefficient (Wildman–Crippen LogP) is 2.11. The summed E-state index contributed by atoms with van der Waals surface area (Å²) in [6, 6.07) is 0. The number of aromatic nitrogens is 4. The normalized spacial score (nSPS) is 13.7. The highest BCUT2D eigenvalue weighted by Crippen LogP contribution is 2.20. The first-order valence-corrected chi connectivity index (χ1v) is 9.25. The molecule has 7 nitrogen and oxygen atoms in total. The van der Waals surface area contributed by atoms with Crippen LogP contribution < -0.4 is 5.14 Å². The lowest BCUT2D eigenvalue weighted by atomic mass is 10.1. The lowest BCUT2D eigenvalue weighted by molar-refractivity contribution is 0.568. The SMILES string of the molecule is Cc1cnc(Br)cn1.Cc1cnc(C(C)C(C)S(N)(=O)=O)cn1. The van der Waals surface area contributed by atoms with Crippen molar-refractivity contribution in [3.63, 3.8) is 0 Å². The molecule has 9 heteroatoms. The molecule has 23 heavy (non-hydrogen) atoms. The molecule has 0 aliphatic heterocycles. The van der Waals surface area contributed by atoms with E-state index in [2.05, 4.69) is 35.9 Å². The van der Waals surface area contributed by atoms with Crippen molar-refractivity contribution >= 4 is 26.0 Å². The highest BCUT2D eigenvalue weighted by Gasteiger charge is 2.25. The molecule has 2 N–H and O–H groups in total. The lowest BCUT2D eigenvalue weighted by Gasteiger charge is -2.16. The van der Waals surface area contributed by atoms with Gasteiger partial charge in [0.2, 0.25) is 10.0 Å². The summed E-state index contributed by atoms with van der Waals surface area (Å²) < 4.78 is 23.1. The van der Waals surface area contributed by atoms with E-state index in [1.165, 1.54) is 0 Å². The van der Waals surface area contributed by atoms with Gasteiger partial charge in [-0.25, -0.2) is 18.5 Å². The summed E-state index contributed by atoms with van der Waals surface area (Å²) in [7, 11) is -3.53. The van der Waals surface area contributed by atoms with Gasteiger partial charge in [-0.15, -0.1) is 0 Å². The second-order valence-corrected chi connectivity index (χ2v) is 7.88. The smallest absolute Gasteiger partial charge is 0.212 e. The molecule has 0 saturated carbocycles. The minimum absolute atomic E-state index is 0.256. The van der Waals surface area contributed by atoms with Crippen LogP contribution in [0.1, 0.15) is 36.8 Å². The fourth-order valence-electron chi connectivity index (χ4n) is 1.54. The van der Waals surface area contributed by atoms with Crippen LogP contribution in [-0.4, -0.2) is 33.6 Å². The molecule has 2 rings (SSSR count). The van der Waals surface area contributed by atoms with Gasteiger partial charge in [0, 0.05) is 24.5 Å². The fourth-order valence-corrected chi connectivity index (χ4v) is 2.45. The average Bonchev–Trinajstić information content (AvgIpc) is 2.49. The van der Waals surface area contributed by atoms with Crippen LogP contribution in [0.25, 0.3) is 0 Å². The van der Waals surface area contributed by atoms with E-state index in [1.807, 2.05) is 13.8 Å². The first kappa shape index (κ1) is 19.6. The zero-order valence-electron chi connectivity index (χ0n) is 13.4. The molecule has 2 aromatic heterocycles. The van der Waals surface area contributed by atoms with Crippen molar-refractivity contribution in [2.75, 3.05) is 0 Å². The quantitative estimate of drug-likeness (QED) is 0.842. The average molecular weight is 402 g/mol. The number of rotatable bonds is 3. The van der Waals surface area contributed by atoms with Gasteiger partial charge in [0.1, 0.15) is 4.60 Å². The molecule has 2 atom stereocenters. The molecular formula is C14H20BrN5O2S. The molecule has 0 aliphatic carbocycles. The van der Waals surface area contributed by atoms with Crippen molar-refractivity contribution < 1.29 is 8.42 Å². The Labute approximate surface area is 145 Å². The second kappa shape index (κ2) is 8.42. The van der Waals surface area contributed by atoms with Gasteiger partial charge >= 0.3 is 0 Å². The summed E-state index contributed by atoms with van der Waals surface area (Å²) in [4.78, 5) is 16.1. The largest absolute Gasteiger partial charge is 0.258 e. The van der Waals surface area contributed by atoms with Crippen LogP contribution in [0.4, 0.5) is 0 Å². The molecule has 0 radical (unpaired) electrons. The number of nitrogens with zero attached hydrogens (tertiary/aromatic N) is 4. The monoisotopic (exact) mass is 401 g/mol. The van der Waals surface area contributed by atoms with Gasteiger partial charge in [-0.3, -0.25) is 15.0 Å². The second-order valence-electron chi connectivity index (χ2n) is 5.15. The number of hydrogen-bond donors (Lipinski definition) is 1. The molecular weight excluding hydrogens is 382 g/mol. The maximum atomic E-state index is 11.1. The van der Waals surface area contributed by atoms with Gasteiger partial charge in [-0.2, -0.15) is 0 Å². The van der Waals surface area contributed by atoms with E-state index in [9.17, 15) is 8.42 Å². The van der Waals surface area contributed by atoms with Crippen molar-refractivity contribution in [2.45, 2.75) is 38.9 Å². The van der Waals surface area contributed by atoms with Crippen molar-refractivity contribution in [2.24, 2.45) is 5.14 Å². The number of aryl methyl sites for hydroxylation is 2. The molecule has 0 saturated heterocycles. The van der Waals surface area contributed by atoms with Gasteiger partial charge in [-0.05, 0) is 36.7 Å². The van der Waals surface area contributed by atoms with Crippen LogP contribution in [0.5, 0.6) is 0 Å². The molecule has 2 unspecified atom stereocenters. The van der Waals surface area contributed by atoms with E-state index in [0.29, 0.717) is 5.69 Å². The van der Waals surface area contributed by atoms with E-state index in [0.717, 1.165) is 16.0 Å². The van der Waals surface area contributed by atoms with Crippen molar-refractivity contribution in [1.82, 2.24) is 19.9 Å². The Hall–Kier alpha value is -1.45. The van der Waals surface area contributed by atoms with Gasteiger partial charge in [0.05, 0.1) is 28.5 Å². The van der Waals surface area contributed by atoms with Gasteiger partial charge in [0.25, 0.3) is 0 Å². The lowest BCUT2D eigenvalue weighted by Crippen LogP contribution is -2.30. The first-order chi connectivity index (χ1) is 10.6. The standard InChI is InChI=1S/C9H15N3O2S.C5H5BrN2/c1-6-4-12-9(5-11-6)7(2)8(3)15(10,13)14;1-4-2-8-5(6)3-7-4/h4-5,7-8H,1-3H3,(H2,10,13,14);2-3H,1H3. The fraction of sp³-hybridized carbons (Fsp3) is 0.429. The van der Waals surface area contributed by atoms with E-state index in [4.69, 9.17) is 5.14 Å². The van der Waals surface area contributed by atoms with Gasteiger partial charge < -0.3 is 0 Å². The Balaban J connectivity index is 0.000000277. The number of hydrogen-bond acceptors (Lipinski definition) is 6. The van der Waals surface area contributed by atoms with Gasteiger partial charge in [0.15, 0.2) is 0 Å². The highest BCUT2D eigenvalue weighted by atomic mass is 79.9. The molecule has 0 bridgehead atoms. The Bertz CT molecular complexity index is 699. The van der Waals surface area contributed by atoms with E-state index in [-0.39, 0.29) is 5.92 Å². The third-order valence-electron chi connectivity index (χ3n) is 3.24. The van der Waals surface area contributed by atoms with Crippen LogP contribution >= 0.6 is 15.9 Å². The minimum Gasteiger partial charge on any atom is -0.258 e. The number of halogens is 1. The van der Waals surface area contributed by atoms with Crippen LogP contribution in [-0.2, 0) is 10.0 Å². The van der Waals surface area contributed by atoms with Crippen LogP contribution in [0.3, 0.4) is 0 Å². The van der Waals surface area contributed by atoms with Crippen molar-refractivity contribution in [1.29, 1.82) is 0 Å². The topological polar surface area (TPSA) is 112 Å². The summed E-state index contributed by atoms with van der Waals surface area (Å²) >= 11 is 3.17. The van der Waals surface area contributed by atoms with E-state index in [1.54, 1.807) is 38.6 Å². The molecule has 2 aromatic rings. The maximum Gasteiger partial charge on any atom is 0.212 e. The summed E-state index contributed by atoms with van der Waals surface area (Å²) in [5.74, 6) is -0.256. The van der Waals surface area contributed by atoms with E-state index >= 15 is 0 Å². The summed E-state index contributed by atoms with van der Waals surface area (Å²) in [5, 5.41) is 4.41. The van der Waals surface area contributed by atoms with Crippen molar-refractivity contribution in [3.05, 3.63) is 46.5 Å². The molecule has 0 aromatic carbocycles. The Morgan fingerprint density at radius 1 is 0.957 bits per heavy atom. The zero-order chi connectivity index (χ0) is 17.6.